The summed E-state index contributed by atoms with van der Waals surface area (Å²) in [7, 11) is 1.46. The second-order valence-corrected chi connectivity index (χ2v) is 9.28. The van der Waals surface area contributed by atoms with Gasteiger partial charge in [-0.3, -0.25) is 9.69 Å². The van der Waals surface area contributed by atoms with E-state index in [9.17, 15) is 4.79 Å². The number of ether oxygens (including phenoxy) is 2. The molecule has 2 fully saturated rings. The molecule has 2 aromatic rings. The van der Waals surface area contributed by atoms with Crippen molar-refractivity contribution in [2.45, 2.75) is 45.3 Å². The number of hydrogen-bond acceptors (Lipinski definition) is 4. The van der Waals surface area contributed by atoms with Crippen LogP contribution in [0.3, 0.4) is 0 Å². The fraction of sp³-hybridized carbons (Fsp3) is 0.414. The lowest BCUT2D eigenvalue weighted by atomic mass is 9.83. The van der Waals surface area contributed by atoms with Crippen molar-refractivity contribution in [2.75, 3.05) is 20.2 Å². The van der Waals surface area contributed by atoms with Crippen LogP contribution in [0.2, 0.25) is 0 Å². The molecule has 4 rings (SSSR count). The van der Waals surface area contributed by atoms with Gasteiger partial charge in [0.1, 0.15) is 5.75 Å². The number of fused-ring (bicyclic) bond motifs is 1. The zero-order chi connectivity index (χ0) is 23.2. The summed E-state index contributed by atoms with van der Waals surface area (Å²) in [6, 6.07) is 12.9. The lowest BCUT2D eigenvalue weighted by Gasteiger charge is -2.37. The average Bonchev–Trinajstić information content (AvgIpc) is 2.81. The summed E-state index contributed by atoms with van der Waals surface area (Å²) in [6.07, 6.45) is 12.9. The maximum absolute atomic E-state index is 11.6. The van der Waals surface area contributed by atoms with Crippen LogP contribution in [0.25, 0.3) is 10.8 Å². The number of methoxy groups -OCH3 is 1. The Morgan fingerprint density at radius 1 is 1.09 bits per heavy atom. The third kappa shape index (κ3) is 5.75. The van der Waals surface area contributed by atoms with Crippen molar-refractivity contribution in [3.63, 3.8) is 0 Å². The molecule has 0 bridgehead atoms. The van der Waals surface area contributed by atoms with E-state index in [1.807, 2.05) is 13.0 Å². The van der Waals surface area contributed by atoms with Crippen LogP contribution >= 0.6 is 0 Å². The first kappa shape index (κ1) is 23.3. The van der Waals surface area contributed by atoms with Gasteiger partial charge in [-0.05, 0) is 61.6 Å². The van der Waals surface area contributed by atoms with Crippen molar-refractivity contribution in [1.82, 2.24) is 4.90 Å². The Balaban J connectivity index is 1.34. The Morgan fingerprint density at radius 2 is 1.88 bits per heavy atom. The van der Waals surface area contributed by atoms with Crippen molar-refractivity contribution in [3.8, 4) is 5.75 Å². The summed E-state index contributed by atoms with van der Waals surface area (Å²) in [5, 5.41) is 2.37. The average molecular weight is 446 g/mol. The van der Waals surface area contributed by atoms with Crippen LogP contribution in [0, 0.1) is 11.8 Å². The van der Waals surface area contributed by atoms with E-state index in [1.165, 1.54) is 23.6 Å². The van der Waals surface area contributed by atoms with Crippen LogP contribution in [-0.4, -0.2) is 37.2 Å². The number of allylic oxidation sites excluding steroid dienone is 5. The predicted octanol–water partition coefficient (Wildman–Crippen LogP) is 6.07. The molecule has 0 unspecified atom stereocenters. The standard InChI is InChI=1S/C29H35NO3/c1-4-5-6-8-21(2)23-12-14-26(15-13-23)33-28-10-7-9-24-17-22(11-16-27(24)28)18-30-19-25(20-30)29(31)32-3/h4-11,16-17,23,25-26H,2,12-15,18-20H2,1,3H3/b5-4-,8-6-. The van der Waals surface area contributed by atoms with Crippen LogP contribution in [-0.2, 0) is 16.1 Å². The third-order valence-corrected chi connectivity index (χ3v) is 6.91. The Hall–Kier alpha value is -2.85. The maximum Gasteiger partial charge on any atom is 0.311 e. The summed E-state index contributed by atoms with van der Waals surface area (Å²) in [5.41, 5.74) is 2.48. The molecule has 4 nitrogen and oxygen atoms in total. The molecule has 1 saturated heterocycles. The number of carbonyl (C=O) groups is 1. The molecule has 4 heteroatoms. The molecular formula is C29H35NO3. The lowest BCUT2D eigenvalue weighted by molar-refractivity contribution is -0.151. The van der Waals surface area contributed by atoms with Crippen molar-refractivity contribution in [1.29, 1.82) is 0 Å². The van der Waals surface area contributed by atoms with Crippen LogP contribution < -0.4 is 4.74 Å². The van der Waals surface area contributed by atoms with Crippen LogP contribution in [0.4, 0.5) is 0 Å². The van der Waals surface area contributed by atoms with Crippen LogP contribution in [0.15, 0.2) is 72.9 Å². The Kier molecular flexibility index (Phi) is 7.66. The minimum absolute atomic E-state index is 0.0203. The normalized spacial score (nSPS) is 22.0. The number of nitrogens with zero attached hydrogens (tertiary/aromatic N) is 1. The van der Waals surface area contributed by atoms with Gasteiger partial charge in [0, 0.05) is 25.0 Å². The molecule has 1 heterocycles. The maximum atomic E-state index is 11.6. The fourth-order valence-corrected chi connectivity index (χ4v) is 4.93. The number of esters is 1. The zero-order valence-electron chi connectivity index (χ0n) is 19.8. The molecule has 1 saturated carbocycles. The highest BCUT2D eigenvalue weighted by atomic mass is 16.5. The molecule has 0 spiro atoms. The summed E-state index contributed by atoms with van der Waals surface area (Å²) < 4.78 is 11.3. The number of benzene rings is 2. The monoisotopic (exact) mass is 445 g/mol. The minimum Gasteiger partial charge on any atom is -0.490 e. The topological polar surface area (TPSA) is 38.8 Å². The largest absolute Gasteiger partial charge is 0.490 e. The Labute approximate surface area is 197 Å². The van der Waals surface area contributed by atoms with Gasteiger partial charge in [-0.25, -0.2) is 0 Å². The smallest absolute Gasteiger partial charge is 0.311 e. The number of likely N-dealkylation sites (tertiary alicyclic amines) is 1. The molecular weight excluding hydrogens is 410 g/mol. The molecule has 0 atom stereocenters. The SMILES string of the molecule is C=C(/C=C\C=C/C)C1CCC(Oc2cccc3cc(CN4CC(C(=O)OC)C4)ccc23)CC1. The molecule has 1 aliphatic carbocycles. The molecule has 0 radical (unpaired) electrons. The van der Waals surface area contributed by atoms with Gasteiger partial charge >= 0.3 is 5.97 Å². The highest BCUT2D eigenvalue weighted by Gasteiger charge is 2.33. The van der Waals surface area contributed by atoms with Crippen LogP contribution in [0.1, 0.15) is 38.2 Å². The zero-order valence-corrected chi connectivity index (χ0v) is 19.8. The molecule has 2 aromatic carbocycles. The summed E-state index contributed by atoms with van der Waals surface area (Å²) in [4.78, 5) is 13.9. The van der Waals surface area contributed by atoms with Crippen molar-refractivity contribution < 1.29 is 14.3 Å². The molecule has 0 N–H and O–H groups in total. The van der Waals surface area contributed by atoms with Crippen molar-refractivity contribution in [2.24, 2.45) is 11.8 Å². The third-order valence-electron chi connectivity index (χ3n) is 6.91. The van der Waals surface area contributed by atoms with Crippen molar-refractivity contribution in [3.05, 3.63) is 78.4 Å². The Morgan fingerprint density at radius 3 is 2.61 bits per heavy atom. The van der Waals surface area contributed by atoms with Gasteiger partial charge in [0.15, 0.2) is 0 Å². The molecule has 0 aromatic heterocycles. The van der Waals surface area contributed by atoms with Gasteiger partial charge in [0.05, 0.1) is 19.1 Å². The van der Waals surface area contributed by atoms with E-state index in [-0.39, 0.29) is 18.0 Å². The van der Waals surface area contributed by atoms with E-state index in [1.54, 1.807) is 0 Å². The summed E-state index contributed by atoms with van der Waals surface area (Å²) >= 11 is 0. The first-order valence-electron chi connectivity index (χ1n) is 12.0. The van der Waals surface area contributed by atoms with Crippen molar-refractivity contribution >= 4 is 16.7 Å². The first-order valence-corrected chi connectivity index (χ1v) is 12.0. The van der Waals surface area contributed by atoms with Gasteiger partial charge in [-0.2, -0.15) is 0 Å². The molecule has 1 aliphatic heterocycles. The Bertz CT molecular complexity index is 1040. The number of hydrogen-bond donors (Lipinski definition) is 0. The highest BCUT2D eigenvalue weighted by molar-refractivity contribution is 5.88. The molecule has 33 heavy (non-hydrogen) atoms. The minimum atomic E-state index is -0.102. The molecule has 0 amide bonds. The van der Waals surface area contributed by atoms with E-state index in [0.717, 1.165) is 56.5 Å². The summed E-state index contributed by atoms with van der Waals surface area (Å²) in [5.74, 6) is 1.45. The van der Waals surface area contributed by atoms with E-state index in [4.69, 9.17) is 9.47 Å². The fourth-order valence-electron chi connectivity index (χ4n) is 4.93. The molecule has 2 aliphatic rings. The van der Waals surface area contributed by atoms with E-state index < -0.39 is 0 Å². The number of carbonyl (C=O) groups excluding carboxylic acids is 1. The lowest BCUT2D eigenvalue weighted by Crippen LogP contribution is -2.49. The highest BCUT2D eigenvalue weighted by Crippen LogP contribution is 2.34. The van der Waals surface area contributed by atoms with Gasteiger partial charge in [-0.15, -0.1) is 0 Å². The quantitative estimate of drug-likeness (QED) is 0.365. The van der Waals surface area contributed by atoms with Gasteiger partial charge in [0.25, 0.3) is 0 Å². The number of rotatable bonds is 8. The van der Waals surface area contributed by atoms with Gasteiger partial charge < -0.3 is 9.47 Å². The predicted molar refractivity (Wildman–Crippen MR) is 134 cm³/mol. The van der Waals surface area contributed by atoms with Gasteiger partial charge in [0.2, 0.25) is 0 Å². The summed E-state index contributed by atoms with van der Waals surface area (Å²) in [6.45, 7) is 8.69. The van der Waals surface area contributed by atoms with E-state index in [2.05, 4.69) is 66.1 Å². The second kappa shape index (κ2) is 10.8. The van der Waals surface area contributed by atoms with Crippen LogP contribution in [0.5, 0.6) is 5.75 Å². The van der Waals surface area contributed by atoms with E-state index >= 15 is 0 Å². The van der Waals surface area contributed by atoms with E-state index in [0.29, 0.717) is 5.92 Å². The first-order chi connectivity index (χ1) is 16.1. The van der Waals surface area contributed by atoms with Gasteiger partial charge in [-0.1, -0.05) is 60.7 Å². The second-order valence-electron chi connectivity index (χ2n) is 9.28. The molecule has 174 valence electrons.